The second kappa shape index (κ2) is 9.83. The molecule has 2 unspecified atom stereocenters. The van der Waals surface area contributed by atoms with E-state index >= 15 is 0 Å². The van der Waals surface area contributed by atoms with Gasteiger partial charge in [-0.15, -0.1) is 0 Å². The molecule has 192 valence electrons. The van der Waals surface area contributed by atoms with Crippen molar-refractivity contribution in [2.24, 2.45) is 5.92 Å². The SMILES string of the molecule is O=C1NC(=O)C([C@H]2C[C@H](O)[C@@H](OP(=O)(O)O[C@@H]3C[C@@H](n4ccc(=O)[nH]c4=O)O[C@H]3CO)O2)C=C1F. The van der Waals surface area contributed by atoms with Crippen molar-refractivity contribution in [3.05, 3.63) is 45.0 Å². The van der Waals surface area contributed by atoms with Crippen LogP contribution in [0, 0.1) is 5.92 Å². The lowest BCUT2D eigenvalue weighted by molar-refractivity contribution is -0.145. The highest BCUT2D eigenvalue weighted by molar-refractivity contribution is 7.47. The fraction of sp³-hybridized carbons (Fsp3) is 0.556. The van der Waals surface area contributed by atoms with Gasteiger partial charge < -0.3 is 24.6 Å². The normalized spacial score (nSPS) is 35.0. The number of amides is 2. The Labute approximate surface area is 194 Å². The molecule has 17 heteroatoms. The molecule has 8 atom stereocenters. The average Bonchev–Trinajstić information content (AvgIpc) is 3.32. The van der Waals surface area contributed by atoms with Gasteiger partial charge in [0.1, 0.15) is 24.5 Å². The minimum Gasteiger partial charge on any atom is -0.394 e. The number of aliphatic hydroxyl groups excluding tert-OH is 2. The van der Waals surface area contributed by atoms with Crippen molar-refractivity contribution in [1.29, 1.82) is 0 Å². The number of carbonyl (C=O) groups is 2. The minimum atomic E-state index is -4.99. The molecular formula is C18H21FN3O12P. The number of aromatic nitrogens is 2. The number of imide groups is 1. The summed E-state index contributed by atoms with van der Waals surface area (Å²) in [4.78, 5) is 58.6. The quantitative estimate of drug-likeness (QED) is 0.193. The summed E-state index contributed by atoms with van der Waals surface area (Å²) in [5.41, 5.74) is -1.45. The van der Waals surface area contributed by atoms with E-state index in [2.05, 4.69) is 0 Å². The van der Waals surface area contributed by atoms with Gasteiger partial charge >= 0.3 is 13.5 Å². The number of aliphatic hydroxyl groups is 2. The highest BCUT2D eigenvalue weighted by Gasteiger charge is 2.48. The zero-order chi connectivity index (χ0) is 25.5. The van der Waals surface area contributed by atoms with Crippen molar-refractivity contribution in [1.82, 2.24) is 14.9 Å². The van der Waals surface area contributed by atoms with Crippen molar-refractivity contribution in [2.75, 3.05) is 6.61 Å². The number of H-pyrrole nitrogens is 1. The van der Waals surface area contributed by atoms with Crippen molar-refractivity contribution in [3.63, 3.8) is 0 Å². The summed E-state index contributed by atoms with van der Waals surface area (Å²) in [7, 11) is -4.99. The first kappa shape index (κ1) is 25.5. The summed E-state index contributed by atoms with van der Waals surface area (Å²) in [6, 6.07) is 1.06. The molecule has 0 saturated carbocycles. The van der Waals surface area contributed by atoms with Crippen LogP contribution in [0.15, 0.2) is 33.8 Å². The van der Waals surface area contributed by atoms with Gasteiger partial charge in [0.05, 0.1) is 18.6 Å². The Balaban J connectivity index is 1.41. The molecule has 2 saturated heterocycles. The lowest BCUT2D eigenvalue weighted by atomic mass is 9.95. The van der Waals surface area contributed by atoms with Crippen LogP contribution in [-0.4, -0.2) is 73.8 Å². The van der Waals surface area contributed by atoms with Crippen LogP contribution in [0.1, 0.15) is 19.1 Å². The molecule has 2 fully saturated rings. The summed E-state index contributed by atoms with van der Waals surface area (Å²) < 4.78 is 48.0. The summed E-state index contributed by atoms with van der Waals surface area (Å²) in [6.07, 6.45) is -6.49. The summed E-state index contributed by atoms with van der Waals surface area (Å²) >= 11 is 0. The molecule has 1 aromatic rings. The van der Waals surface area contributed by atoms with E-state index < -0.39 is 86.2 Å². The lowest BCUT2D eigenvalue weighted by Gasteiger charge is -2.24. The number of aromatic amines is 1. The third-order valence-electron chi connectivity index (χ3n) is 5.61. The molecule has 0 radical (unpaired) electrons. The van der Waals surface area contributed by atoms with Gasteiger partial charge in [-0.2, -0.15) is 0 Å². The van der Waals surface area contributed by atoms with Crippen molar-refractivity contribution >= 4 is 19.6 Å². The number of carbonyl (C=O) groups excluding carboxylic acids is 2. The lowest BCUT2D eigenvalue weighted by Crippen LogP contribution is -2.44. The number of hydrogen-bond acceptors (Lipinski definition) is 11. The Kier molecular flexibility index (Phi) is 7.17. The number of nitrogens with one attached hydrogen (secondary N) is 2. The maximum Gasteiger partial charge on any atom is 0.474 e. The molecular weight excluding hydrogens is 500 g/mol. The monoisotopic (exact) mass is 521 g/mol. The largest absolute Gasteiger partial charge is 0.474 e. The third-order valence-corrected chi connectivity index (χ3v) is 6.62. The van der Waals surface area contributed by atoms with E-state index in [1.807, 2.05) is 4.98 Å². The second-order valence-corrected chi connectivity index (χ2v) is 9.35. The summed E-state index contributed by atoms with van der Waals surface area (Å²) in [5.74, 6) is -4.62. The van der Waals surface area contributed by atoms with Crippen LogP contribution in [0.3, 0.4) is 0 Å². The van der Waals surface area contributed by atoms with Crippen LogP contribution in [0.4, 0.5) is 4.39 Å². The molecule has 0 aliphatic carbocycles. The van der Waals surface area contributed by atoms with Crippen molar-refractivity contribution < 1.29 is 52.2 Å². The van der Waals surface area contributed by atoms with E-state index in [9.17, 15) is 43.2 Å². The molecule has 4 heterocycles. The highest BCUT2D eigenvalue weighted by atomic mass is 31.2. The van der Waals surface area contributed by atoms with Gasteiger partial charge in [-0.25, -0.2) is 13.8 Å². The van der Waals surface area contributed by atoms with Crippen LogP contribution >= 0.6 is 7.82 Å². The number of phosphoric acid groups is 1. The number of rotatable bonds is 7. The Morgan fingerprint density at radius 3 is 2.63 bits per heavy atom. The third kappa shape index (κ3) is 5.49. The van der Waals surface area contributed by atoms with Crippen LogP contribution in [0.5, 0.6) is 0 Å². The van der Waals surface area contributed by atoms with E-state index in [1.165, 1.54) is 0 Å². The van der Waals surface area contributed by atoms with Crippen LogP contribution in [0.2, 0.25) is 0 Å². The molecule has 0 spiro atoms. The Morgan fingerprint density at radius 2 is 1.94 bits per heavy atom. The van der Waals surface area contributed by atoms with E-state index in [-0.39, 0.29) is 12.8 Å². The topological polar surface area (TPSA) is 216 Å². The predicted molar refractivity (Wildman–Crippen MR) is 108 cm³/mol. The van der Waals surface area contributed by atoms with Gasteiger partial charge in [0, 0.05) is 25.1 Å². The van der Waals surface area contributed by atoms with Crippen LogP contribution in [0.25, 0.3) is 0 Å². The zero-order valence-electron chi connectivity index (χ0n) is 17.7. The Hall–Kier alpha value is -2.56. The van der Waals surface area contributed by atoms with Crippen LogP contribution in [-0.2, 0) is 32.7 Å². The van der Waals surface area contributed by atoms with E-state index in [0.29, 0.717) is 0 Å². The first-order chi connectivity index (χ1) is 16.5. The minimum absolute atomic E-state index is 0.192. The number of nitrogens with zero attached hydrogens (tertiary/aromatic N) is 1. The molecule has 3 aliphatic heterocycles. The number of halogens is 1. The number of phosphoric ester groups is 1. The Morgan fingerprint density at radius 1 is 1.20 bits per heavy atom. The predicted octanol–water partition coefficient (Wildman–Crippen LogP) is -2.08. The smallest absolute Gasteiger partial charge is 0.394 e. The average molecular weight is 521 g/mol. The highest BCUT2D eigenvalue weighted by Crippen LogP contribution is 2.51. The standard InChI is InChI=1S/C18H21FN3O12P/c19-8-3-7(15(26)21-16(8)27)10-4-9(24)17(32-10)34-35(29,30)33-11-5-14(31-12(11)6-23)22-2-1-13(25)20-18(22)28/h1-3,7,9-12,14,17,23-24H,4-6H2,(H,29,30)(H,20,25,28)(H,21,26,27)/t7?,9-,10+,11+,12-,14-,17+/m0/s1. The summed E-state index contributed by atoms with van der Waals surface area (Å²) in [6.45, 7) is -0.655. The molecule has 0 bridgehead atoms. The maximum absolute atomic E-state index is 13.6. The molecule has 5 N–H and O–H groups in total. The molecule has 3 aliphatic rings. The van der Waals surface area contributed by atoms with Gasteiger partial charge in [0.25, 0.3) is 11.5 Å². The molecule has 4 rings (SSSR count). The maximum atomic E-state index is 13.6. The van der Waals surface area contributed by atoms with Gasteiger partial charge in [-0.1, -0.05) is 0 Å². The molecule has 0 aromatic carbocycles. The van der Waals surface area contributed by atoms with E-state index in [0.717, 1.165) is 22.9 Å². The number of hydrogen-bond donors (Lipinski definition) is 5. The summed E-state index contributed by atoms with van der Waals surface area (Å²) in [5, 5.41) is 21.5. The fourth-order valence-corrected chi connectivity index (χ4v) is 5.03. The van der Waals surface area contributed by atoms with E-state index in [1.54, 1.807) is 5.32 Å². The van der Waals surface area contributed by atoms with Gasteiger partial charge in [-0.3, -0.25) is 38.3 Å². The second-order valence-electron chi connectivity index (χ2n) is 7.99. The van der Waals surface area contributed by atoms with Gasteiger partial charge in [0.2, 0.25) is 5.91 Å². The van der Waals surface area contributed by atoms with Crippen LogP contribution < -0.4 is 16.6 Å². The van der Waals surface area contributed by atoms with Gasteiger partial charge in [-0.05, 0) is 6.08 Å². The molecule has 2 amide bonds. The van der Waals surface area contributed by atoms with Gasteiger partial charge in [0.15, 0.2) is 12.1 Å². The zero-order valence-corrected chi connectivity index (χ0v) is 18.6. The molecule has 15 nitrogen and oxygen atoms in total. The van der Waals surface area contributed by atoms with E-state index in [4.69, 9.17) is 18.5 Å². The van der Waals surface area contributed by atoms with Crippen molar-refractivity contribution in [2.45, 2.75) is 49.8 Å². The first-order valence-electron chi connectivity index (χ1n) is 10.3. The Bertz CT molecular complexity index is 1200. The molecule has 35 heavy (non-hydrogen) atoms. The number of ether oxygens (including phenoxy) is 2. The van der Waals surface area contributed by atoms with Crippen molar-refractivity contribution in [3.8, 4) is 0 Å². The fourth-order valence-electron chi connectivity index (χ4n) is 3.96. The molecule has 1 aromatic heterocycles. The first-order valence-corrected chi connectivity index (χ1v) is 11.8.